The second-order valence-corrected chi connectivity index (χ2v) is 8.47. The fraction of sp³-hybridized carbons (Fsp3) is 0.368. The Kier molecular flexibility index (Phi) is 5.27. The summed E-state index contributed by atoms with van der Waals surface area (Å²) < 4.78 is 5.12. The number of hydrogen-bond acceptors (Lipinski definition) is 8. The predicted molar refractivity (Wildman–Crippen MR) is 110 cm³/mol. The molecule has 4 heterocycles. The van der Waals surface area contributed by atoms with Crippen LogP contribution >= 0.6 is 22.7 Å². The van der Waals surface area contributed by atoms with E-state index < -0.39 is 0 Å². The molecule has 1 aliphatic heterocycles. The van der Waals surface area contributed by atoms with Gasteiger partial charge < -0.3 is 15.0 Å². The van der Waals surface area contributed by atoms with Crippen LogP contribution in [0.4, 0.5) is 5.82 Å². The van der Waals surface area contributed by atoms with Gasteiger partial charge in [-0.3, -0.25) is 4.79 Å². The third kappa shape index (κ3) is 3.47. The third-order valence-corrected chi connectivity index (χ3v) is 6.96. The fourth-order valence-corrected chi connectivity index (χ4v) is 5.26. The summed E-state index contributed by atoms with van der Waals surface area (Å²) in [6.07, 6.45) is 2.35. The van der Waals surface area contributed by atoms with Crippen LogP contribution in [-0.4, -0.2) is 46.4 Å². The van der Waals surface area contributed by atoms with Crippen LogP contribution in [0, 0.1) is 6.92 Å². The van der Waals surface area contributed by atoms with Crippen molar-refractivity contribution >= 4 is 50.6 Å². The molecule has 146 valence electrons. The zero-order valence-electron chi connectivity index (χ0n) is 15.7. The number of carbonyl (C=O) groups is 2. The largest absolute Gasteiger partial charge is 0.462 e. The van der Waals surface area contributed by atoms with Crippen molar-refractivity contribution in [1.29, 1.82) is 0 Å². The van der Waals surface area contributed by atoms with Crippen molar-refractivity contribution in [2.24, 2.45) is 0 Å². The molecule has 1 aliphatic rings. The number of nitrogens with zero attached hydrogens (tertiary/aromatic N) is 3. The van der Waals surface area contributed by atoms with Gasteiger partial charge in [0.05, 0.1) is 18.5 Å². The van der Waals surface area contributed by atoms with Crippen LogP contribution in [0.2, 0.25) is 0 Å². The van der Waals surface area contributed by atoms with Crippen LogP contribution in [-0.2, 0) is 22.5 Å². The minimum Gasteiger partial charge on any atom is -0.462 e. The van der Waals surface area contributed by atoms with E-state index in [1.165, 1.54) is 28.1 Å². The Bertz CT molecular complexity index is 1040. The summed E-state index contributed by atoms with van der Waals surface area (Å²) in [5.41, 5.74) is 2.01. The molecule has 3 aromatic rings. The number of nitrogens with one attached hydrogen (secondary N) is 1. The molecule has 0 saturated carbocycles. The molecule has 9 heteroatoms. The molecule has 0 saturated heterocycles. The van der Waals surface area contributed by atoms with Crippen molar-refractivity contribution in [3.63, 3.8) is 0 Å². The first-order chi connectivity index (χ1) is 13.6. The molecule has 7 nitrogen and oxygen atoms in total. The van der Waals surface area contributed by atoms with Gasteiger partial charge in [0.15, 0.2) is 0 Å². The molecular weight excluding hydrogens is 396 g/mol. The van der Waals surface area contributed by atoms with Crippen molar-refractivity contribution < 1.29 is 14.3 Å². The number of aromatic nitrogens is 2. The summed E-state index contributed by atoms with van der Waals surface area (Å²) in [4.78, 5) is 37.9. The number of esters is 1. The first-order valence-corrected chi connectivity index (χ1v) is 10.8. The van der Waals surface area contributed by atoms with Gasteiger partial charge >= 0.3 is 5.97 Å². The lowest BCUT2D eigenvalue weighted by atomic mass is 10.1. The Morgan fingerprint density at radius 1 is 1.36 bits per heavy atom. The van der Waals surface area contributed by atoms with Gasteiger partial charge in [0.25, 0.3) is 0 Å². The molecule has 0 aromatic carbocycles. The van der Waals surface area contributed by atoms with Gasteiger partial charge in [-0.2, -0.15) is 0 Å². The van der Waals surface area contributed by atoms with Crippen molar-refractivity contribution in [2.45, 2.75) is 26.8 Å². The maximum absolute atomic E-state index is 12.7. The Morgan fingerprint density at radius 2 is 2.21 bits per heavy atom. The number of thiophene rings is 2. The molecule has 0 atom stereocenters. The number of carbonyl (C=O) groups excluding carboxylic acids is 2. The van der Waals surface area contributed by atoms with Crippen LogP contribution in [0.3, 0.4) is 0 Å². The lowest BCUT2D eigenvalue weighted by Gasteiger charge is -2.27. The monoisotopic (exact) mass is 416 g/mol. The van der Waals surface area contributed by atoms with Gasteiger partial charge in [-0.05, 0) is 42.8 Å². The van der Waals surface area contributed by atoms with E-state index in [0.29, 0.717) is 28.7 Å². The van der Waals surface area contributed by atoms with E-state index in [1.807, 2.05) is 11.8 Å². The van der Waals surface area contributed by atoms with Crippen molar-refractivity contribution in [2.75, 3.05) is 25.0 Å². The Labute approximate surface area is 170 Å². The number of amides is 1. The summed E-state index contributed by atoms with van der Waals surface area (Å²) >= 11 is 3.04. The summed E-state index contributed by atoms with van der Waals surface area (Å²) in [6, 6.07) is 2.09. The average Bonchev–Trinajstić information content (AvgIpc) is 3.30. The molecule has 3 aromatic heterocycles. The molecule has 0 unspecified atom stereocenters. The first kappa shape index (κ1) is 18.8. The normalized spacial score (nSPS) is 13.4. The fourth-order valence-electron chi connectivity index (χ4n) is 3.33. The van der Waals surface area contributed by atoms with E-state index in [0.717, 1.165) is 23.9 Å². The summed E-state index contributed by atoms with van der Waals surface area (Å²) in [5, 5.41) is 5.99. The average molecular weight is 417 g/mol. The van der Waals surface area contributed by atoms with Gasteiger partial charge in [0.2, 0.25) is 5.91 Å². The molecule has 0 radical (unpaired) electrons. The SMILES string of the molecule is CCOC(=O)c1sc2ncnc(NCC(=O)N3CCc4sccc4C3)c2c1C. The van der Waals surface area contributed by atoms with Crippen molar-refractivity contribution in [3.05, 3.63) is 38.7 Å². The van der Waals surface area contributed by atoms with E-state index in [1.54, 1.807) is 18.3 Å². The molecule has 0 fully saturated rings. The minimum atomic E-state index is -0.357. The second-order valence-electron chi connectivity index (χ2n) is 6.47. The Balaban J connectivity index is 1.50. The quantitative estimate of drug-likeness (QED) is 0.643. The van der Waals surface area contributed by atoms with E-state index in [-0.39, 0.29) is 18.4 Å². The molecule has 4 rings (SSSR count). The van der Waals surface area contributed by atoms with E-state index >= 15 is 0 Å². The first-order valence-electron chi connectivity index (χ1n) is 9.06. The molecular formula is C19H20N4O3S2. The lowest BCUT2D eigenvalue weighted by Crippen LogP contribution is -2.38. The maximum atomic E-state index is 12.7. The molecule has 0 spiro atoms. The smallest absolute Gasteiger partial charge is 0.348 e. The summed E-state index contributed by atoms with van der Waals surface area (Å²) in [5.74, 6) is 0.239. The number of rotatable bonds is 5. The number of aryl methyl sites for hydroxylation is 1. The van der Waals surface area contributed by atoms with Crippen LogP contribution in [0.25, 0.3) is 10.2 Å². The standard InChI is InChI=1S/C19H20N4O3S2/c1-3-26-19(25)16-11(2)15-17(21-10-22-18(15)28-16)20-8-14(24)23-6-4-13-12(9-23)5-7-27-13/h5,7,10H,3-4,6,8-9H2,1-2H3,(H,20,21,22). The van der Waals surface area contributed by atoms with Crippen LogP contribution in [0.15, 0.2) is 17.8 Å². The lowest BCUT2D eigenvalue weighted by molar-refractivity contribution is -0.130. The molecule has 28 heavy (non-hydrogen) atoms. The molecule has 1 N–H and O–H groups in total. The topological polar surface area (TPSA) is 84.4 Å². The number of ether oxygens (including phenoxy) is 1. The number of fused-ring (bicyclic) bond motifs is 2. The summed E-state index contributed by atoms with van der Waals surface area (Å²) in [7, 11) is 0. The summed E-state index contributed by atoms with van der Waals surface area (Å²) in [6.45, 7) is 5.48. The maximum Gasteiger partial charge on any atom is 0.348 e. The molecule has 0 aliphatic carbocycles. The zero-order valence-corrected chi connectivity index (χ0v) is 17.3. The van der Waals surface area contributed by atoms with Gasteiger partial charge in [0.1, 0.15) is 21.9 Å². The van der Waals surface area contributed by atoms with E-state index in [4.69, 9.17) is 4.74 Å². The van der Waals surface area contributed by atoms with Crippen molar-refractivity contribution in [1.82, 2.24) is 14.9 Å². The van der Waals surface area contributed by atoms with Crippen LogP contribution in [0.1, 0.15) is 32.6 Å². The van der Waals surface area contributed by atoms with E-state index in [9.17, 15) is 9.59 Å². The predicted octanol–water partition coefficient (Wildman–Crippen LogP) is 3.23. The van der Waals surface area contributed by atoms with Crippen molar-refractivity contribution in [3.8, 4) is 0 Å². The highest BCUT2D eigenvalue weighted by molar-refractivity contribution is 7.20. The highest BCUT2D eigenvalue weighted by Crippen LogP contribution is 2.33. The second kappa shape index (κ2) is 7.84. The zero-order chi connectivity index (χ0) is 19.7. The van der Waals surface area contributed by atoms with Gasteiger partial charge in [-0.25, -0.2) is 14.8 Å². The van der Waals surface area contributed by atoms with E-state index in [2.05, 4.69) is 26.7 Å². The van der Waals surface area contributed by atoms with Gasteiger partial charge in [-0.15, -0.1) is 22.7 Å². The van der Waals surface area contributed by atoms with Crippen LogP contribution in [0.5, 0.6) is 0 Å². The minimum absolute atomic E-state index is 0.0297. The van der Waals surface area contributed by atoms with Gasteiger partial charge in [0, 0.05) is 18.0 Å². The third-order valence-electron chi connectivity index (χ3n) is 4.76. The Hall–Kier alpha value is -2.52. The highest BCUT2D eigenvalue weighted by Gasteiger charge is 2.23. The number of hydrogen-bond donors (Lipinski definition) is 1. The Morgan fingerprint density at radius 3 is 3.04 bits per heavy atom. The molecule has 0 bridgehead atoms. The van der Waals surface area contributed by atoms with Crippen LogP contribution < -0.4 is 5.32 Å². The molecule has 1 amide bonds. The highest BCUT2D eigenvalue weighted by atomic mass is 32.1. The number of anilines is 1. The van der Waals surface area contributed by atoms with Gasteiger partial charge in [-0.1, -0.05) is 0 Å².